The molecule has 2 aromatic rings. The van der Waals surface area contributed by atoms with Crippen LogP contribution in [0.2, 0.25) is 0 Å². The van der Waals surface area contributed by atoms with Gasteiger partial charge in [0.15, 0.2) is 5.69 Å². The molecule has 17 heavy (non-hydrogen) atoms. The lowest BCUT2D eigenvalue weighted by atomic mass is 10.1. The number of carbonyl (C=O) groups is 1. The minimum absolute atomic E-state index is 0.200. The molecule has 0 bridgehead atoms. The maximum atomic E-state index is 12.2. The molecule has 0 saturated carbocycles. The van der Waals surface area contributed by atoms with Crippen molar-refractivity contribution in [1.82, 2.24) is 15.0 Å². The van der Waals surface area contributed by atoms with E-state index < -0.39 is 0 Å². The number of rotatable bonds is 3. The summed E-state index contributed by atoms with van der Waals surface area (Å²) in [6.45, 7) is 1.84. The second kappa shape index (κ2) is 4.69. The summed E-state index contributed by atoms with van der Waals surface area (Å²) in [5.74, 6) is -0.0127. The molecule has 0 unspecified atom stereocenters. The predicted octanol–water partition coefficient (Wildman–Crippen LogP) is 1.42. The minimum Gasteiger partial charge on any atom is -0.479 e. The van der Waals surface area contributed by atoms with Crippen LogP contribution in [0.15, 0.2) is 30.9 Å². The van der Waals surface area contributed by atoms with Crippen molar-refractivity contribution in [3.8, 4) is 5.88 Å². The van der Waals surface area contributed by atoms with Crippen LogP contribution < -0.4 is 4.74 Å². The summed E-state index contributed by atoms with van der Waals surface area (Å²) >= 11 is 0. The molecule has 5 nitrogen and oxygen atoms in total. The van der Waals surface area contributed by atoms with Crippen molar-refractivity contribution in [2.45, 2.75) is 6.92 Å². The van der Waals surface area contributed by atoms with Crippen LogP contribution in [0.3, 0.4) is 0 Å². The molecule has 0 fully saturated rings. The predicted molar refractivity (Wildman–Crippen MR) is 61.0 cm³/mol. The number of aryl methyl sites for hydroxylation is 1. The summed E-state index contributed by atoms with van der Waals surface area (Å²) < 4.78 is 5.01. The number of pyridine rings is 1. The van der Waals surface area contributed by atoms with Gasteiger partial charge in [-0.3, -0.25) is 9.78 Å². The molecule has 0 aliphatic rings. The van der Waals surface area contributed by atoms with E-state index >= 15 is 0 Å². The van der Waals surface area contributed by atoms with Crippen molar-refractivity contribution in [2.75, 3.05) is 7.11 Å². The van der Waals surface area contributed by atoms with Crippen LogP contribution in [-0.4, -0.2) is 27.8 Å². The zero-order valence-electron chi connectivity index (χ0n) is 9.54. The largest absolute Gasteiger partial charge is 0.479 e. The van der Waals surface area contributed by atoms with E-state index in [1.54, 1.807) is 12.3 Å². The number of carbonyl (C=O) groups excluding carboxylic acids is 1. The Hall–Kier alpha value is -2.30. The lowest BCUT2D eigenvalue weighted by molar-refractivity contribution is 0.102. The van der Waals surface area contributed by atoms with Crippen LogP contribution in [0, 0.1) is 6.92 Å². The van der Waals surface area contributed by atoms with Crippen molar-refractivity contribution in [1.29, 1.82) is 0 Å². The molecule has 0 radical (unpaired) electrons. The van der Waals surface area contributed by atoms with Gasteiger partial charge < -0.3 is 4.74 Å². The van der Waals surface area contributed by atoms with Crippen molar-refractivity contribution < 1.29 is 9.53 Å². The third-order valence-corrected chi connectivity index (χ3v) is 2.36. The molecule has 2 rings (SSSR count). The third-order valence-electron chi connectivity index (χ3n) is 2.36. The van der Waals surface area contributed by atoms with Crippen LogP contribution >= 0.6 is 0 Å². The SMILES string of the molecule is COc1nccnc1C(=O)c1cnccc1C. The van der Waals surface area contributed by atoms with Crippen molar-refractivity contribution >= 4 is 5.78 Å². The molecule has 0 spiro atoms. The normalized spacial score (nSPS) is 10.0. The van der Waals surface area contributed by atoms with Gasteiger partial charge in [0.1, 0.15) is 0 Å². The first-order valence-electron chi connectivity index (χ1n) is 5.04. The van der Waals surface area contributed by atoms with Crippen LogP contribution in [0.1, 0.15) is 21.6 Å². The quantitative estimate of drug-likeness (QED) is 0.745. The van der Waals surface area contributed by atoms with Gasteiger partial charge in [-0.05, 0) is 18.6 Å². The Kier molecular flexibility index (Phi) is 3.09. The zero-order chi connectivity index (χ0) is 12.3. The van der Waals surface area contributed by atoms with Gasteiger partial charge in [0.05, 0.1) is 7.11 Å². The van der Waals surface area contributed by atoms with Gasteiger partial charge in [0.2, 0.25) is 11.7 Å². The smallest absolute Gasteiger partial charge is 0.243 e. The molecular weight excluding hydrogens is 218 g/mol. The molecule has 2 heterocycles. The lowest BCUT2D eigenvalue weighted by Gasteiger charge is -2.06. The summed E-state index contributed by atoms with van der Waals surface area (Å²) in [6.07, 6.45) is 6.10. The maximum Gasteiger partial charge on any atom is 0.243 e. The van der Waals surface area contributed by atoms with Gasteiger partial charge in [-0.2, -0.15) is 0 Å². The molecular formula is C12H11N3O2. The lowest BCUT2D eigenvalue weighted by Crippen LogP contribution is -2.09. The van der Waals surface area contributed by atoms with Crippen molar-refractivity contribution in [3.05, 3.63) is 47.7 Å². The van der Waals surface area contributed by atoms with Gasteiger partial charge in [-0.25, -0.2) is 9.97 Å². The standard InChI is InChI=1S/C12H11N3O2/c1-8-3-4-13-7-9(8)11(16)10-12(17-2)15-6-5-14-10/h3-7H,1-2H3. The van der Waals surface area contributed by atoms with E-state index in [2.05, 4.69) is 15.0 Å². The Morgan fingerprint density at radius 1 is 1.24 bits per heavy atom. The van der Waals surface area contributed by atoms with E-state index in [4.69, 9.17) is 4.74 Å². The monoisotopic (exact) mass is 229 g/mol. The van der Waals surface area contributed by atoms with E-state index in [-0.39, 0.29) is 17.4 Å². The highest BCUT2D eigenvalue weighted by atomic mass is 16.5. The summed E-state index contributed by atoms with van der Waals surface area (Å²) in [6, 6.07) is 1.77. The minimum atomic E-state index is -0.236. The van der Waals surface area contributed by atoms with E-state index in [0.29, 0.717) is 5.56 Å². The number of aromatic nitrogens is 3. The number of nitrogens with zero attached hydrogens (tertiary/aromatic N) is 3. The highest BCUT2D eigenvalue weighted by Gasteiger charge is 2.18. The van der Waals surface area contributed by atoms with Gasteiger partial charge in [-0.1, -0.05) is 0 Å². The van der Waals surface area contributed by atoms with E-state index in [1.807, 2.05) is 6.92 Å². The van der Waals surface area contributed by atoms with Crippen molar-refractivity contribution in [3.63, 3.8) is 0 Å². The highest BCUT2D eigenvalue weighted by molar-refractivity contribution is 6.09. The number of methoxy groups -OCH3 is 1. The molecule has 0 aromatic carbocycles. The Balaban J connectivity index is 2.48. The van der Waals surface area contributed by atoms with Crippen LogP contribution in [0.4, 0.5) is 0 Å². The average molecular weight is 229 g/mol. The van der Waals surface area contributed by atoms with E-state index in [9.17, 15) is 4.79 Å². The molecule has 0 amide bonds. The first kappa shape index (κ1) is 11.2. The third kappa shape index (κ3) is 2.13. The number of hydrogen-bond donors (Lipinski definition) is 0. The Bertz CT molecular complexity index is 555. The Morgan fingerprint density at radius 3 is 2.71 bits per heavy atom. The summed E-state index contributed by atoms with van der Waals surface area (Å²) in [4.78, 5) is 24.1. The fraction of sp³-hybridized carbons (Fsp3) is 0.167. The van der Waals surface area contributed by atoms with Gasteiger partial charge in [-0.15, -0.1) is 0 Å². The zero-order valence-corrected chi connectivity index (χ0v) is 9.54. The maximum absolute atomic E-state index is 12.2. The molecule has 5 heteroatoms. The highest BCUT2D eigenvalue weighted by Crippen LogP contribution is 2.17. The van der Waals surface area contributed by atoms with E-state index in [0.717, 1.165) is 5.56 Å². The summed E-state index contributed by atoms with van der Waals surface area (Å²) in [5, 5.41) is 0. The van der Waals surface area contributed by atoms with Gasteiger partial charge >= 0.3 is 0 Å². The second-order valence-corrected chi connectivity index (χ2v) is 3.43. The number of hydrogen-bond acceptors (Lipinski definition) is 5. The van der Waals surface area contributed by atoms with E-state index in [1.165, 1.54) is 25.7 Å². The Morgan fingerprint density at radius 2 is 2.00 bits per heavy atom. The molecule has 0 aliphatic heterocycles. The fourth-order valence-electron chi connectivity index (χ4n) is 1.46. The second-order valence-electron chi connectivity index (χ2n) is 3.43. The van der Waals surface area contributed by atoms with Gasteiger partial charge in [0, 0.05) is 30.4 Å². The molecule has 86 valence electrons. The van der Waals surface area contributed by atoms with Crippen LogP contribution in [0.5, 0.6) is 5.88 Å². The Labute approximate surface area is 98.5 Å². The molecule has 2 aromatic heterocycles. The first-order chi connectivity index (χ1) is 8.24. The van der Waals surface area contributed by atoms with Crippen LogP contribution in [0.25, 0.3) is 0 Å². The van der Waals surface area contributed by atoms with Gasteiger partial charge in [0.25, 0.3) is 0 Å². The molecule has 0 atom stereocenters. The average Bonchev–Trinajstić information content (AvgIpc) is 2.38. The fourth-order valence-corrected chi connectivity index (χ4v) is 1.46. The molecule has 0 aliphatic carbocycles. The van der Waals surface area contributed by atoms with Crippen LogP contribution in [-0.2, 0) is 0 Å². The molecule has 0 N–H and O–H groups in total. The van der Waals surface area contributed by atoms with Crippen molar-refractivity contribution in [2.24, 2.45) is 0 Å². The molecule has 0 saturated heterocycles. The number of ketones is 1. The topological polar surface area (TPSA) is 65.0 Å². The number of ether oxygens (including phenoxy) is 1. The first-order valence-corrected chi connectivity index (χ1v) is 5.04. The summed E-state index contributed by atoms with van der Waals surface area (Å²) in [7, 11) is 1.46. The summed E-state index contributed by atoms with van der Waals surface area (Å²) in [5.41, 5.74) is 1.55.